The quantitative estimate of drug-likeness (QED) is 0.729. The van der Waals surface area contributed by atoms with Crippen LogP contribution in [-0.2, 0) is 12.1 Å². The summed E-state index contributed by atoms with van der Waals surface area (Å²) in [5, 5.41) is 7.65. The Balaban J connectivity index is 1.66. The number of aliphatic imine (C=N–C) groups is 1. The summed E-state index contributed by atoms with van der Waals surface area (Å²) in [5.41, 5.74) is 8.11. The van der Waals surface area contributed by atoms with Crippen molar-refractivity contribution >= 4 is 29.0 Å². The molecule has 2 aromatic heterocycles. The van der Waals surface area contributed by atoms with E-state index in [0.29, 0.717) is 23.1 Å². The van der Waals surface area contributed by atoms with Crippen LogP contribution in [0.4, 0.5) is 5.69 Å². The molecular weight excluding hydrogens is 364 g/mol. The predicted octanol–water partition coefficient (Wildman–Crippen LogP) is 2.82. The fourth-order valence-electron chi connectivity index (χ4n) is 3.22. The van der Waals surface area contributed by atoms with Crippen molar-refractivity contribution in [2.24, 2.45) is 10.7 Å². The molecule has 0 aliphatic carbocycles. The van der Waals surface area contributed by atoms with Crippen LogP contribution in [0.3, 0.4) is 0 Å². The Morgan fingerprint density at radius 3 is 2.93 bits per heavy atom. The summed E-state index contributed by atoms with van der Waals surface area (Å²) in [4.78, 5) is 21.1. The predicted molar refractivity (Wildman–Crippen MR) is 104 cm³/mol. The molecule has 0 saturated heterocycles. The fourth-order valence-corrected chi connectivity index (χ4v) is 3.33. The molecular formula is C19H17ClN6O. The van der Waals surface area contributed by atoms with Crippen LogP contribution in [-0.4, -0.2) is 26.5 Å². The molecule has 1 aliphatic rings. The maximum Gasteiger partial charge on any atom is 0.274 e. The molecule has 27 heavy (non-hydrogen) atoms. The van der Waals surface area contributed by atoms with Gasteiger partial charge in [-0.3, -0.25) is 14.5 Å². The van der Waals surface area contributed by atoms with Gasteiger partial charge in [0.05, 0.1) is 17.3 Å². The zero-order chi connectivity index (χ0) is 19.0. The van der Waals surface area contributed by atoms with Gasteiger partial charge >= 0.3 is 0 Å². The lowest BCUT2D eigenvalue weighted by atomic mass is 9.87. The number of hydrogen-bond donors (Lipinski definition) is 2. The molecule has 1 atom stereocenters. The highest BCUT2D eigenvalue weighted by Gasteiger charge is 2.35. The lowest BCUT2D eigenvalue weighted by Crippen LogP contribution is -2.36. The zero-order valence-electron chi connectivity index (χ0n) is 14.6. The van der Waals surface area contributed by atoms with Gasteiger partial charge in [0.15, 0.2) is 0 Å². The second-order valence-electron chi connectivity index (χ2n) is 6.45. The van der Waals surface area contributed by atoms with Crippen molar-refractivity contribution in [3.8, 4) is 0 Å². The second kappa shape index (κ2) is 6.51. The SMILES string of the molecule is C[C@]1(c2cccc(NC(=O)c3ccc(Cl)cn3)c2)N=C(N)Cn2nccc21. The lowest BCUT2D eigenvalue weighted by Gasteiger charge is -2.31. The number of carbonyl (C=O) groups is 1. The van der Waals surface area contributed by atoms with Gasteiger partial charge in [0, 0.05) is 18.1 Å². The van der Waals surface area contributed by atoms with E-state index in [4.69, 9.17) is 17.3 Å². The average Bonchev–Trinajstić information content (AvgIpc) is 3.11. The summed E-state index contributed by atoms with van der Waals surface area (Å²) in [6.07, 6.45) is 3.17. The largest absolute Gasteiger partial charge is 0.386 e. The van der Waals surface area contributed by atoms with Gasteiger partial charge in [0.1, 0.15) is 17.1 Å². The van der Waals surface area contributed by atoms with E-state index in [9.17, 15) is 4.79 Å². The molecule has 136 valence electrons. The number of nitrogens with zero attached hydrogens (tertiary/aromatic N) is 4. The standard InChI is InChI=1S/C19H17ClN6O/c1-19(16-7-8-23-26(16)11-17(21)25-19)12-3-2-4-14(9-12)24-18(27)15-6-5-13(20)10-22-15/h2-10H,11H2,1H3,(H2,21,25)(H,24,27)/t19-/m1/s1. The maximum atomic E-state index is 12.4. The first-order valence-corrected chi connectivity index (χ1v) is 8.73. The van der Waals surface area contributed by atoms with Crippen molar-refractivity contribution < 1.29 is 4.79 Å². The van der Waals surface area contributed by atoms with Gasteiger partial charge in [0.2, 0.25) is 0 Å². The Morgan fingerprint density at radius 2 is 2.15 bits per heavy atom. The number of carbonyl (C=O) groups excluding carboxylic acids is 1. The highest BCUT2D eigenvalue weighted by Crippen LogP contribution is 2.36. The van der Waals surface area contributed by atoms with Crippen LogP contribution < -0.4 is 11.1 Å². The Bertz CT molecular complexity index is 1040. The van der Waals surface area contributed by atoms with Crippen LogP contribution in [0.1, 0.15) is 28.7 Å². The Morgan fingerprint density at radius 1 is 1.30 bits per heavy atom. The molecule has 7 nitrogen and oxygen atoms in total. The van der Waals surface area contributed by atoms with E-state index in [0.717, 1.165) is 11.3 Å². The molecule has 4 rings (SSSR count). The molecule has 0 fully saturated rings. The minimum atomic E-state index is -0.682. The van der Waals surface area contributed by atoms with Crippen molar-refractivity contribution in [2.75, 3.05) is 5.32 Å². The van der Waals surface area contributed by atoms with Gasteiger partial charge in [-0.2, -0.15) is 5.10 Å². The summed E-state index contributed by atoms with van der Waals surface area (Å²) in [6.45, 7) is 2.45. The van der Waals surface area contributed by atoms with Gasteiger partial charge in [-0.15, -0.1) is 0 Å². The van der Waals surface area contributed by atoms with Crippen LogP contribution >= 0.6 is 11.6 Å². The minimum Gasteiger partial charge on any atom is -0.386 e. The first-order chi connectivity index (χ1) is 13.0. The molecule has 3 heterocycles. The van der Waals surface area contributed by atoms with E-state index in [2.05, 4.69) is 20.4 Å². The van der Waals surface area contributed by atoms with Crippen LogP contribution in [0.2, 0.25) is 5.02 Å². The summed E-state index contributed by atoms with van der Waals surface area (Å²) in [5.74, 6) is 0.194. The zero-order valence-corrected chi connectivity index (χ0v) is 15.3. The highest BCUT2D eigenvalue weighted by molar-refractivity contribution is 6.30. The Hall–Kier alpha value is -3.19. The molecule has 1 aromatic carbocycles. The molecule has 1 amide bonds. The molecule has 0 spiro atoms. The van der Waals surface area contributed by atoms with E-state index in [1.54, 1.807) is 18.3 Å². The lowest BCUT2D eigenvalue weighted by molar-refractivity contribution is 0.102. The molecule has 0 unspecified atom stereocenters. The molecule has 3 aromatic rings. The maximum absolute atomic E-state index is 12.4. The minimum absolute atomic E-state index is 0.286. The smallest absolute Gasteiger partial charge is 0.274 e. The van der Waals surface area contributed by atoms with Crippen molar-refractivity contribution in [1.82, 2.24) is 14.8 Å². The highest BCUT2D eigenvalue weighted by atomic mass is 35.5. The van der Waals surface area contributed by atoms with Crippen molar-refractivity contribution in [3.63, 3.8) is 0 Å². The summed E-state index contributed by atoms with van der Waals surface area (Å²) >= 11 is 5.82. The molecule has 1 aliphatic heterocycles. The van der Waals surface area contributed by atoms with E-state index >= 15 is 0 Å². The van der Waals surface area contributed by atoms with Gasteiger partial charge < -0.3 is 11.1 Å². The molecule has 0 bridgehead atoms. The topological polar surface area (TPSA) is 98.2 Å². The number of nitrogens with one attached hydrogen (secondary N) is 1. The number of halogens is 1. The van der Waals surface area contributed by atoms with E-state index in [1.165, 1.54) is 6.20 Å². The first-order valence-electron chi connectivity index (χ1n) is 8.36. The summed E-state index contributed by atoms with van der Waals surface area (Å²) in [6, 6.07) is 12.7. The Kier molecular flexibility index (Phi) is 4.16. The number of rotatable bonds is 3. The Labute approximate surface area is 160 Å². The number of anilines is 1. The van der Waals surface area contributed by atoms with Gasteiger partial charge in [-0.05, 0) is 42.8 Å². The number of amidine groups is 1. The van der Waals surface area contributed by atoms with Crippen LogP contribution in [0.5, 0.6) is 0 Å². The number of amides is 1. The number of fused-ring (bicyclic) bond motifs is 1. The van der Waals surface area contributed by atoms with Crippen LogP contribution in [0.15, 0.2) is 59.9 Å². The summed E-state index contributed by atoms with van der Waals surface area (Å²) < 4.78 is 1.84. The summed E-state index contributed by atoms with van der Waals surface area (Å²) in [7, 11) is 0. The number of nitrogens with two attached hydrogens (primary N) is 1. The normalized spacial score (nSPS) is 18.5. The van der Waals surface area contributed by atoms with Crippen molar-refractivity contribution in [3.05, 3.63) is 76.8 Å². The van der Waals surface area contributed by atoms with Gasteiger partial charge in [0.25, 0.3) is 5.91 Å². The molecule has 0 saturated carbocycles. The third-order valence-corrected chi connectivity index (χ3v) is 4.76. The number of hydrogen-bond acceptors (Lipinski definition) is 5. The molecule has 0 radical (unpaired) electrons. The third kappa shape index (κ3) is 3.17. The van der Waals surface area contributed by atoms with Crippen molar-refractivity contribution in [2.45, 2.75) is 19.0 Å². The first kappa shape index (κ1) is 17.2. The number of pyridine rings is 1. The van der Waals surface area contributed by atoms with Crippen molar-refractivity contribution in [1.29, 1.82) is 0 Å². The average molecular weight is 381 g/mol. The number of benzene rings is 1. The van der Waals surface area contributed by atoms with Gasteiger partial charge in [-0.1, -0.05) is 23.7 Å². The van der Waals surface area contributed by atoms with E-state index in [-0.39, 0.29) is 11.6 Å². The number of aromatic nitrogens is 3. The third-order valence-electron chi connectivity index (χ3n) is 4.54. The van der Waals surface area contributed by atoms with Crippen LogP contribution in [0.25, 0.3) is 0 Å². The fraction of sp³-hybridized carbons (Fsp3) is 0.158. The second-order valence-corrected chi connectivity index (χ2v) is 6.88. The van der Waals surface area contributed by atoms with E-state index in [1.807, 2.05) is 41.9 Å². The molecule has 3 N–H and O–H groups in total. The molecule has 8 heteroatoms. The van der Waals surface area contributed by atoms with Gasteiger partial charge in [-0.25, -0.2) is 4.98 Å². The van der Waals surface area contributed by atoms with E-state index < -0.39 is 5.54 Å². The van der Waals surface area contributed by atoms with Crippen LogP contribution in [0, 0.1) is 0 Å². The monoisotopic (exact) mass is 380 g/mol.